The number of aryl methyl sites for hydroxylation is 1. The zero-order chi connectivity index (χ0) is 14.1. The van der Waals surface area contributed by atoms with Gasteiger partial charge in [-0.1, -0.05) is 18.2 Å². The fraction of sp³-hybridized carbons (Fsp3) is 0.375. The molecule has 2 atom stereocenters. The second-order valence-corrected chi connectivity index (χ2v) is 5.52. The highest BCUT2D eigenvalue weighted by Gasteiger charge is 2.29. The molecule has 4 nitrogen and oxygen atoms in total. The molecule has 20 heavy (non-hydrogen) atoms. The van der Waals surface area contributed by atoms with E-state index in [0.717, 1.165) is 35.1 Å². The maximum absolute atomic E-state index is 11.0. The molecule has 1 heterocycles. The van der Waals surface area contributed by atoms with Crippen molar-refractivity contribution in [2.45, 2.75) is 32.2 Å². The monoisotopic (exact) mass is 270 g/mol. The van der Waals surface area contributed by atoms with Crippen molar-refractivity contribution in [1.82, 2.24) is 4.98 Å². The van der Waals surface area contributed by atoms with Crippen molar-refractivity contribution >= 4 is 22.6 Å². The smallest absolute Gasteiger partial charge is 0.306 e. The summed E-state index contributed by atoms with van der Waals surface area (Å²) in [4.78, 5) is 15.5. The third-order valence-electron chi connectivity index (χ3n) is 3.99. The number of aromatic nitrogens is 1. The molecule has 104 valence electrons. The largest absolute Gasteiger partial charge is 0.481 e. The third kappa shape index (κ3) is 2.46. The van der Waals surface area contributed by atoms with Crippen molar-refractivity contribution in [3.05, 3.63) is 36.0 Å². The van der Waals surface area contributed by atoms with Crippen LogP contribution in [0.4, 0.5) is 5.69 Å². The van der Waals surface area contributed by atoms with Crippen LogP contribution in [0.2, 0.25) is 0 Å². The minimum Gasteiger partial charge on any atom is -0.481 e. The van der Waals surface area contributed by atoms with E-state index in [4.69, 9.17) is 5.11 Å². The summed E-state index contributed by atoms with van der Waals surface area (Å²) >= 11 is 0. The molecule has 1 aliphatic rings. The number of rotatable bonds is 3. The van der Waals surface area contributed by atoms with E-state index in [1.807, 2.05) is 37.3 Å². The summed E-state index contributed by atoms with van der Waals surface area (Å²) < 4.78 is 0. The van der Waals surface area contributed by atoms with Gasteiger partial charge in [-0.15, -0.1) is 0 Å². The summed E-state index contributed by atoms with van der Waals surface area (Å²) in [6.45, 7) is 1.98. The molecule has 2 N–H and O–H groups in total. The molecule has 0 amide bonds. The molecule has 1 aromatic carbocycles. The lowest BCUT2D eigenvalue weighted by atomic mass is 10.1. The fourth-order valence-corrected chi connectivity index (χ4v) is 2.98. The Morgan fingerprint density at radius 3 is 2.90 bits per heavy atom. The SMILES string of the molecule is Cc1cc(N[C@H]2CC[C@@H](C(=O)O)C2)c2ccccc2n1. The number of carboxylic acids is 1. The number of fused-ring (bicyclic) bond motifs is 1. The Bertz CT molecular complexity index is 654. The first-order valence-electron chi connectivity index (χ1n) is 6.99. The second kappa shape index (κ2) is 5.12. The normalized spacial score (nSPS) is 22.1. The van der Waals surface area contributed by atoms with E-state index in [1.54, 1.807) is 0 Å². The van der Waals surface area contributed by atoms with Gasteiger partial charge in [0.05, 0.1) is 11.4 Å². The predicted molar refractivity (Wildman–Crippen MR) is 78.9 cm³/mol. The number of para-hydroxylation sites is 1. The summed E-state index contributed by atoms with van der Waals surface area (Å²) in [7, 11) is 0. The molecule has 1 aliphatic carbocycles. The van der Waals surface area contributed by atoms with Crippen LogP contribution in [0.1, 0.15) is 25.0 Å². The van der Waals surface area contributed by atoms with E-state index in [1.165, 1.54) is 0 Å². The summed E-state index contributed by atoms with van der Waals surface area (Å²) in [5, 5.41) is 13.7. The molecule has 0 unspecified atom stereocenters. The lowest BCUT2D eigenvalue weighted by Crippen LogP contribution is -2.18. The molecule has 4 heteroatoms. The third-order valence-corrected chi connectivity index (χ3v) is 3.99. The van der Waals surface area contributed by atoms with Crippen LogP contribution in [-0.2, 0) is 4.79 Å². The summed E-state index contributed by atoms with van der Waals surface area (Å²) in [5.41, 5.74) is 3.01. The number of carbonyl (C=O) groups is 1. The number of aliphatic carboxylic acids is 1. The van der Waals surface area contributed by atoms with E-state index in [9.17, 15) is 4.79 Å². The number of carboxylic acid groups (broad SMARTS) is 1. The standard InChI is InChI=1S/C16H18N2O2/c1-10-8-15(13-4-2-3-5-14(13)17-10)18-12-7-6-11(9-12)16(19)20/h2-5,8,11-12H,6-7,9H2,1H3,(H,17,18)(H,19,20)/t11-,12+/m1/s1. The molecule has 0 bridgehead atoms. The first-order chi connectivity index (χ1) is 9.63. The molecule has 1 aromatic heterocycles. The van der Waals surface area contributed by atoms with Crippen molar-refractivity contribution in [2.75, 3.05) is 5.32 Å². The molecular formula is C16H18N2O2. The van der Waals surface area contributed by atoms with Gasteiger partial charge in [0.15, 0.2) is 0 Å². The van der Waals surface area contributed by atoms with Crippen molar-refractivity contribution in [2.24, 2.45) is 5.92 Å². The van der Waals surface area contributed by atoms with Crippen LogP contribution in [0.25, 0.3) is 10.9 Å². The molecule has 3 rings (SSSR count). The first-order valence-corrected chi connectivity index (χ1v) is 6.99. The lowest BCUT2D eigenvalue weighted by molar-refractivity contribution is -0.141. The number of anilines is 1. The molecule has 2 aromatic rings. The Labute approximate surface area is 117 Å². The van der Waals surface area contributed by atoms with Gasteiger partial charge in [-0.2, -0.15) is 0 Å². The number of hydrogen-bond donors (Lipinski definition) is 2. The molecule has 0 spiro atoms. The van der Waals surface area contributed by atoms with Gasteiger partial charge in [0.1, 0.15) is 0 Å². The first kappa shape index (κ1) is 12.9. The van der Waals surface area contributed by atoms with Gasteiger partial charge in [0.25, 0.3) is 0 Å². The van der Waals surface area contributed by atoms with Gasteiger partial charge in [-0.25, -0.2) is 0 Å². The van der Waals surface area contributed by atoms with Crippen molar-refractivity contribution in [3.63, 3.8) is 0 Å². The van der Waals surface area contributed by atoms with E-state index in [2.05, 4.69) is 10.3 Å². The van der Waals surface area contributed by atoms with Crippen molar-refractivity contribution < 1.29 is 9.90 Å². The minimum absolute atomic E-state index is 0.207. The van der Waals surface area contributed by atoms with Crippen LogP contribution in [-0.4, -0.2) is 22.1 Å². The second-order valence-electron chi connectivity index (χ2n) is 5.52. The molecule has 1 saturated carbocycles. The Balaban J connectivity index is 1.86. The molecule has 1 fully saturated rings. The van der Waals surface area contributed by atoms with Crippen LogP contribution in [0.3, 0.4) is 0 Å². The number of nitrogens with zero attached hydrogens (tertiary/aromatic N) is 1. The Morgan fingerprint density at radius 1 is 1.35 bits per heavy atom. The molecule has 0 saturated heterocycles. The number of nitrogens with one attached hydrogen (secondary N) is 1. The topological polar surface area (TPSA) is 62.2 Å². The zero-order valence-electron chi connectivity index (χ0n) is 11.5. The fourth-order valence-electron chi connectivity index (χ4n) is 2.98. The molecule has 0 radical (unpaired) electrons. The molecule has 0 aliphatic heterocycles. The van der Waals surface area contributed by atoms with E-state index in [0.29, 0.717) is 6.42 Å². The van der Waals surface area contributed by atoms with Crippen molar-refractivity contribution in [3.8, 4) is 0 Å². The van der Waals surface area contributed by atoms with Gasteiger partial charge in [-0.3, -0.25) is 9.78 Å². The molecular weight excluding hydrogens is 252 g/mol. The number of hydrogen-bond acceptors (Lipinski definition) is 3. The highest BCUT2D eigenvalue weighted by Crippen LogP contribution is 2.31. The van der Waals surface area contributed by atoms with Gasteiger partial charge >= 0.3 is 5.97 Å². The van der Waals surface area contributed by atoms with Crippen LogP contribution in [0.15, 0.2) is 30.3 Å². The van der Waals surface area contributed by atoms with E-state index in [-0.39, 0.29) is 12.0 Å². The maximum atomic E-state index is 11.0. The van der Waals surface area contributed by atoms with Crippen molar-refractivity contribution in [1.29, 1.82) is 0 Å². The van der Waals surface area contributed by atoms with E-state index >= 15 is 0 Å². The quantitative estimate of drug-likeness (QED) is 0.899. The van der Waals surface area contributed by atoms with Gasteiger partial charge in [0.2, 0.25) is 0 Å². The van der Waals surface area contributed by atoms with Crippen LogP contribution < -0.4 is 5.32 Å². The minimum atomic E-state index is -0.676. The highest BCUT2D eigenvalue weighted by molar-refractivity contribution is 5.91. The van der Waals surface area contributed by atoms with Gasteiger partial charge < -0.3 is 10.4 Å². The Morgan fingerprint density at radius 2 is 2.15 bits per heavy atom. The number of benzene rings is 1. The summed E-state index contributed by atoms with van der Waals surface area (Å²) in [5.74, 6) is -0.883. The summed E-state index contributed by atoms with van der Waals surface area (Å²) in [6.07, 6.45) is 2.37. The van der Waals surface area contributed by atoms with Gasteiger partial charge in [-0.05, 0) is 38.3 Å². The van der Waals surface area contributed by atoms with Crippen LogP contribution >= 0.6 is 0 Å². The van der Waals surface area contributed by atoms with Crippen LogP contribution in [0, 0.1) is 12.8 Å². The zero-order valence-corrected chi connectivity index (χ0v) is 11.5. The average molecular weight is 270 g/mol. The lowest BCUT2D eigenvalue weighted by Gasteiger charge is -2.16. The highest BCUT2D eigenvalue weighted by atomic mass is 16.4. The Kier molecular flexibility index (Phi) is 3.30. The van der Waals surface area contributed by atoms with Gasteiger partial charge in [0, 0.05) is 22.8 Å². The Hall–Kier alpha value is -2.10. The maximum Gasteiger partial charge on any atom is 0.306 e. The van der Waals surface area contributed by atoms with Crippen LogP contribution in [0.5, 0.6) is 0 Å². The predicted octanol–water partition coefficient (Wildman–Crippen LogP) is 3.21. The summed E-state index contributed by atoms with van der Waals surface area (Å²) in [6, 6.07) is 10.3. The number of pyridine rings is 1. The average Bonchev–Trinajstić information content (AvgIpc) is 2.87. The van der Waals surface area contributed by atoms with E-state index < -0.39 is 5.97 Å².